The van der Waals surface area contributed by atoms with Gasteiger partial charge in [-0.2, -0.15) is 13.2 Å². The van der Waals surface area contributed by atoms with Gasteiger partial charge >= 0.3 is 6.18 Å². The number of carbonyl (C=O) groups excluding carboxylic acids is 1. The SMILES string of the molecule is CCC(=O)N1CCN(c2nc(C)nc(COC)c2Cc2cccc(C(F)(F)F)c2)CC1. The molecule has 6 nitrogen and oxygen atoms in total. The molecule has 0 atom stereocenters. The molecular formula is C22H27F3N4O2. The van der Waals surface area contributed by atoms with Gasteiger partial charge < -0.3 is 14.5 Å². The summed E-state index contributed by atoms with van der Waals surface area (Å²) in [4.78, 5) is 25.0. The third-order valence-electron chi connectivity index (χ3n) is 5.33. The number of methoxy groups -OCH3 is 1. The summed E-state index contributed by atoms with van der Waals surface area (Å²) in [5.74, 6) is 1.38. The van der Waals surface area contributed by atoms with Crippen molar-refractivity contribution < 1.29 is 22.7 Å². The molecule has 1 aliphatic heterocycles. The van der Waals surface area contributed by atoms with E-state index in [4.69, 9.17) is 4.74 Å². The predicted molar refractivity (Wildman–Crippen MR) is 111 cm³/mol. The Balaban J connectivity index is 1.95. The van der Waals surface area contributed by atoms with Gasteiger partial charge in [-0.3, -0.25) is 4.79 Å². The van der Waals surface area contributed by atoms with Gasteiger partial charge in [0.1, 0.15) is 11.6 Å². The Bertz CT molecular complexity index is 925. The molecule has 168 valence electrons. The summed E-state index contributed by atoms with van der Waals surface area (Å²) in [5, 5.41) is 0. The fourth-order valence-corrected chi connectivity index (χ4v) is 3.79. The van der Waals surface area contributed by atoms with Crippen molar-refractivity contribution in [3.05, 3.63) is 52.5 Å². The van der Waals surface area contributed by atoms with Gasteiger partial charge in [0.15, 0.2) is 0 Å². The molecule has 1 aliphatic rings. The van der Waals surface area contributed by atoms with Gasteiger partial charge in [0.25, 0.3) is 0 Å². The van der Waals surface area contributed by atoms with Crippen LogP contribution in [0.1, 0.15) is 41.6 Å². The summed E-state index contributed by atoms with van der Waals surface area (Å²) in [7, 11) is 1.56. The largest absolute Gasteiger partial charge is 0.416 e. The second-order valence-corrected chi connectivity index (χ2v) is 7.55. The highest BCUT2D eigenvalue weighted by molar-refractivity contribution is 5.76. The first kappa shape index (κ1) is 23.0. The molecule has 2 aromatic rings. The number of nitrogens with zero attached hydrogens (tertiary/aromatic N) is 4. The Labute approximate surface area is 180 Å². The molecule has 2 heterocycles. The van der Waals surface area contributed by atoms with Crippen molar-refractivity contribution in [2.45, 2.75) is 39.5 Å². The summed E-state index contributed by atoms with van der Waals surface area (Å²) in [5.41, 5.74) is 1.26. The van der Waals surface area contributed by atoms with E-state index < -0.39 is 11.7 Å². The highest BCUT2D eigenvalue weighted by Crippen LogP contribution is 2.31. The monoisotopic (exact) mass is 436 g/mol. The standard InChI is InChI=1S/C22H27F3N4O2/c1-4-20(30)28-8-10-29(11-9-28)21-18(19(14-31-3)26-15(2)27-21)13-16-6-5-7-17(12-16)22(23,24)25/h5-7,12H,4,8-11,13-14H2,1-3H3. The summed E-state index contributed by atoms with van der Waals surface area (Å²) in [6, 6.07) is 5.32. The van der Waals surface area contributed by atoms with E-state index in [1.54, 1.807) is 20.1 Å². The smallest absolute Gasteiger partial charge is 0.378 e. The molecule has 1 saturated heterocycles. The van der Waals surface area contributed by atoms with E-state index in [0.717, 1.165) is 17.7 Å². The quantitative estimate of drug-likeness (QED) is 0.693. The average molecular weight is 436 g/mol. The minimum Gasteiger partial charge on any atom is -0.378 e. The normalized spacial score (nSPS) is 14.8. The molecule has 0 spiro atoms. The maximum Gasteiger partial charge on any atom is 0.416 e. The van der Waals surface area contributed by atoms with Crippen LogP contribution in [0.5, 0.6) is 0 Å². The van der Waals surface area contributed by atoms with E-state index in [2.05, 4.69) is 14.9 Å². The molecule has 0 aliphatic carbocycles. The Morgan fingerprint density at radius 3 is 2.48 bits per heavy atom. The van der Waals surface area contributed by atoms with Crippen molar-refractivity contribution in [1.82, 2.24) is 14.9 Å². The third-order valence-corrected chi connectivity index (χ3v) is 5.33. The Morgan fingerprint density at radius 1 is 1.16 bits per heavy atom. The number of benzene rings is 1. The first-order valence-corrected chi connectivity index (χ1v) is 10.3. The molecule has 0 saturated carbocycles. The fraction of sp³-hybridized carbons (Fsp3) is 0.500. The van der Waals surface area contributed by atoms with Gasteiger partial charge in [0, 0.05) is 51.7 Å². The highest BCUT2D eigenvalue weighted by atomic mass is 19.4. The van der Waals surface area contributed by atoms with E-state index in [1.807, 2.05) is 11.8 Å². The highest BCUT2D eigenvalue weighted by Gasteiger charge is 2.31. The van der Waals surface area contributed by atoms with E-state index in [0.29, 0.717) is 55.5 Å². The van der Waals surface area contributed by atoms with Crippen molar-refractivity contribution >= 4 is 11.7 Å². The molecule has 1 aromatic heterocycles. The van der Waals surface area contributed by atoms with E-state index in [-0.39, 0.29) is 18.9 Å². The maximum absolute atomic E-state index is 13.2. The number of aromatic nitrogens is 2. The number of hydrogen-bond donors (Lipinski definition) is 0. The van der Waals surface area contributed by atoms with Crippen molar-refractivity contribution in [2.75, 3.05) is 38.2 Å². The van der Waals surface area contributed by atoms with Crippen LogP contribution in [0.2, 0.25) is 0 Å². The minimum atomic E-state index is -4.40. The Kier molecular flexibility index (Phi) is 7.15. The van der Waals surface area contributed by atoms with Gasteiger partial charge in [-0.15, -0.1) is 0 Å². The molecule has 0 radical (unpaired) electrons. The van der Waals surface area contributed by atoms with Gasteiger partial charge in [0.05, 0.1) is 17.9 Å². The Morgan fingerprint density at radius 2 is 1.87 bits per heavy atom. The second kappa shape index (κ2) is 9.64. The first-order valence-electron chi connectivity index (χ1n) is 10.3. The van der Waals surface area contributed by atoms with Crippen molar-refractivity contribution in [3.8, 4) is 0 Å². The Hall–Kier alpha value is -2.68. The summed E-state index contributed by atoms with van der Waals surface area (Å²) >= 11 is 0. The predicted octanol–water partition coefficient (Wildman–Crippen LogP) is 3.60. The average Bonchev–Trinajstić information content (AvgIpc) is 2.75. The van der Waals surface area contributed by atoms with Crippen LogP contribution in [-0.2, 0) is 28.7 Å². The number of rotatable bonds is 6. The van der Waals surface area contributed by atoms with Gasteiger partial charge in [-0.1, -0.05) is 25.1 Å². The molecule has 1 amide bonds. The molecule has 3 rings (SSSR count). The molecule has 1 aromatic carbocycles. The van der Waals surface area contributed by atoms with Crippen molar-refractivity contribution in [1.29, 1.82) is 0 Å². The first-order chi connectivity index (χ1) is 14.7. The van der Waals surface area contributed by atoms with Gasteiger partial charge in [-0.25, -0.2) is 9.97 Å². The van der Waals surface area contributed by atoms with Crippen LogP contribution in [0.3, 0.4) is 0 Å². The second-order valence-electron chi connectivity index (χ2n) is 7.55. The van der Waals surface area contributed by atoms with Gasteiger partial charge in [0.2, 0.25) is 5.91 Å². The fourth-order valence-electron chi connectivity index (χ4n) is 3.79. The van der Waals surface area contributed by atoms with Crippen LogP contribution in [0.4, 0.5) is 19.0 Å². The number of hydrogen-bond acceptors (Lipinski definition) is 5. The molecule has 0 unspecified atom stereocenters. The number of alkyl halides is 3. The summed E-state index contributed by atoms with van der Waals surface area (Å²) in [6.07, 6.45) is -3.68. The lowest BCUT2D eigenvalue weighted by molar-refractivity contribution is -0.137. The molecule has 0 N–H and O–H groups in total. The molecular weight excluding hydrogens is 409 g/mol. The van der Waals surface area contributed by atoms with E-state index >= 15 is 0 Å². The van der Waals surface area contributed by atoms with Crippen LogP contribution in [0, 0.1) is 6.92 Å². The van der Waals surface area contributed by atoms with Crippen molar-refractivity contribution in [2.24, 2.45) is 0 Å². The molecule has 1 fully saturated rings. The van der Waals surface area contributed by atoms with E-state index in [1.165, 1.54) is 6.07 Å². The number of aryl methyl sites for hydroxylation is 1. The number of piperazine rings is 1. The van der Waals surface area contributed by atoms with Crippen LogP contribution >= 0.6 is 0 Å². The lowest BCUT2D eigenvalue weighted by atomic mass is 10.0. The van der Waals surface area contributed by atoms with E-state index in [9.17, 15) is 18.0 Å². The van der Waals surface area contributed by atoms with Crippen LogP contribution in [0.25, 0.3) is 0 Å². The lowest BCUT2D eigenvalue weighted by Gasteiger charge is -2.36. The van der Waals surface area contributed by atoms with Gasteiger partial charge in [-0.05, 0) is 18.6 Å². The number of carbonyl (C=O) groups is 1. The summed E-state index contributed by atoms with van der Waals surface area (Å²) in [6.45, 7) is 6.23. The van der Waals surface area contributed by atoms with Crippen molar-refractivity contribution in [3.63, 3.8) is 0 Å². The zero-order chi connectivity index (χ0) is 22.6. The van der Waals surface area contributed by atoms with Crippen LogP contribution in [-0.4, -0.2) is 54.1 Å². The lowest BCUT2D eigenvalue weighted by Crippen LogP contribution is -2.49. The third kappa shape index (κ3) is 5.52. The summed E-state index contributed by atoms with van der Waals surface area (Å²) < 4.78 is 44.8. The number of ether oxygens (including phenoxy) is 1. The molecule has 31 heavy (non-hydrogen) atoms. The number of amides is 1. The zero-order valence-corrected chi connectivity index (χ0v) is 18.0. The van der Waals surface area contributed by atoms with Crippen LogP contribution in [0.15, 0.2) is 24.3 Å². The maximum atomic E-state index is 13.2. The molecule has 9 heteroatoms. The zero-order valence-electron chi connectivity index (χ0n) is 18.0. The number of halogens is 3. The molecule has 0 bridgehead atoms. The topological polar surface area (TPSA) is 58.6 Å². The number of anilines is 1. The van der Waals surface area contributed by atoms with Crippen LogP contribution < -0.4 is 4.90 Å². The minimum absolute atomic E-state index is 0.114.